The molecule has 0 spiro atoms. The maximum absolute atomic E-state index is 10.9. The van der Waals surface area contributed by atoms with Gasteiger partial charge >= 0.3 is 0 Å². The predicted molar refractivity (Wildman–Crippen MR) is 83.7 cm³/mol. The van der Waals surface area contributed by atoms with Crippen LogP contribution in [0, 0.1) is 0 Å². The second kappa shape index (κ2) is 7.25. The van der Waals surface area contributed by atoms with Crippen LogP contribution < -0.4 is 4.74 Å². The van der Waals surface area contributed by atoms with Crippen LogP contribution in [0.5, 0.6) is 5.75 Å². The van der Waals surface area contributed by atoms with Gasteiger partial charge in [0.1, 0.15) is 11.9 Å². The van der Waals surface area contributed by atoms with E-state index in [1.54, 1.807) is 0 Å². The minimum Gasteiger partial charge on any atom is -0.493 e. The summed E-state index contributed by atoms with van der Waals surface area (Å²) in [6.07, 6.45) is 0.362. The SMILES string of the molecule is CCCOc1ccccc1C(O)C(C)(C)N1CCOCC1. The molecule has 4 heteroatoms. The van der Waals surface area contributed by atoms with Gasteiger partial charge in [0.05, 0.1) is 19.8 Å². The number of aliphatic hydroxyl groups excluding tert-OH is 1. The number of aliphatic hydroxyl groups is 1. The number of rotatable bonds is 6. The first kappa shape index (κ1) is 16.3. The molecule has 0 bridgehead atoms. The molecule has 118 valence electrons. The molecule has 1 saturated heterocycles. The second-order valence-corrected chi connectivity index (χ2v) is 6.04. The fourth-order valence-electron chi connectivity index (χ4n) is 2.74. The highest BCUT2D eigenvalue weighted by Gasteiger charge is 2.37. The van der Waals surface area contributed by atoms with E-state index >= 15 is 0 Å². The second-order valence-electron chi connectivity index (χ2n) is 6.04. The minimum absolute atomic E-state index is 0.352. The molecule has 1 unspecified atom stereocenters. The van der Waals surface area contributed by atoms with Crippen molar-refractivity contribution < 1.29 is 14.6 Å². The van der Waals surface area contributed by atoms with Crippen LogP contribution in [-0.2, 0) is 4.74 Å². The molecule has 1 fully saturated rings. The minimum atomic E-state index is -0.594. The highest BCUT2D eigenvalue weighted by atomic mass is 16.5. The van der Waals surface area contributed by atoms with Crippen molar-refractivity contribution in [2.45, 2.75) is 38.8 Å². The lowest BCUT2D eigenvalue weighted by atomic mass is 9.88. The third-order valence-electron chi connectivity index (χ3n) is 4.17. The van der Waals surface area contributed by atoms with E-state index in [2.05, 4.69) is 25.7 Å². The van der Waals surface area contributed by atoms with Gasteiger partial charge < -0.3 is 14.6 Å². The highest BCUT2D eigenvalue weighted by molar-refractivity contribution is 5.36. The van der Waals surface area contributed by atoms with Crippen LogP contribution in [0.4, 0.5) is 0 Å². The first-order valence-corrected chi connectivity index (χ1v) is 7.80. The average Bonchev–Trinajstić information content (AvgIpc) is 2.53. The van der Waals surface area contributed by atoms with Gasteiger partial charge in [-0.2, -0.15) is 0 Å². The van der Waals surface area contributed by atoms with Crippen LogP contribution in [0.25, 0.3) is 0 Å². The van der Waals surface area contributed by atoms with E-state index in [4.69, 9.17) is 9.47 Å². The van der Waals surface area contributed by atoms with Crippen molar-refractivity contribution in [3.05, 3.63) is 29.8 Å². The van der Waals surface area contributed by atoms with E-state index in [1.165, 1.54) is 0 Å². The number of hydrogen-bond acceptors (Lipinski definition) is 4. The molecule has 4 nitrogen and oxygen atoms in total. The van der Waals surface area contributed by atoms with Gasteiger partial charge in [-0.3, -0.25) is 4.90 Å². The molecular weight excluding hydrogens is 266 g/mol. The van der Waals surface area contributed by atoms with Crippen molar-refractivity contribution in [2.75, 3.05) is 32.9 Å². The maximum atomic E-state index is 10.9. The van der Waals surface area contributed by atoms with E-state index in [1.807, 2.05) is 24.3 Å². The molecule has 1 atom stereocenters. The van der Waals surface area contributed by atoms with E-state index in [-0.39, 0.29) is 5.54 Å². The fourth-order valence-corrected chi connectivity index (χ4v) is 2.74. The van der Waals surface area contributed by atoms with Crippen LogP contribution in [-0.4, -0.2) is 48.5 Å². The molecule has 1 aromatic rings. The molecule has 2 rings (SSSR count). The van der Waals surface area contributed by atoms with E-state index in [9.17, 15) is 5.11 Å². The summed E-state index contributed by atoms with van der Waals surface area (Å²) in [4.78, 5) is 2.29. The number of morpholine rings is 1. The molecule has 0 aliphatic carbocycles. The van der Waals surface area contributed by atoms with E-state index in [0.717, 1.165) is 44.0 Å². The monoisotopic (exact) mass is 293 g/mol. The van der Waals surface area contributed by atoms with Crippen LogP contribution in [0.3, 0.4) is 0 Å². The van der Waals surface area contributed by atoms with Crippen molar-refractivity contribution in [1.29, 1.82) is 0 Å². The first-order chi connectivity index (χ1) is 10.1. The molecule has 1 aliphatic rings. The highest BCUT2D eigenvalue weighted by Crippen LogP contribution is 2.36. The number of para-hydroxylation sites is 1. The standard InChI is InChI=1S/C17H27NO3/c1-4-11-21-15-8-6-5-7-14(15)16(19)17(2,3)18-9-12-20-13-10-18/h5-8,16,19H,4,9-13H2,1-3H3. The maximum Gasteiger partial charge on any atom is 0.125 e. The zero-order valence-electron chi connectivity index (χ0n) is 13.3. The smallest absolute Gasteiger partial charge is 0.125 e. The Morgan fingerprint density at radius 2 is 1.95 bits per heavy atom. The largest absolute Gasteiger partial charge is 0.493 e. The third-order valence-corrected chi connectivity index (χ3v) is 4.17. The Hall–Kier alpha value is -1.10. The zero-order chi connectivity index (χ0) is 15.3. The summed E-state index contributed by atoms with van der Waals surface area (Å²) in [6, 6.07) is 7.79. The molecule has 0 radical (unpaired) electrons. The van der Waals surface area contributed by atoms with Gasteiger partial charge in [-0.05, 0) is 26.3 Å². The van der Waals surface area contributed by atoms with Crippen LogP contribution in [0.1, 0.15) is 38.9 Å². The molecule has 1 aliphatic heterocycles. The summed E-state index contributed by atoms with van der Waals surface area (Å²) in [6.45, 7) is 10.1. The molecule has 1 aromatic carbocycles. The Labute approximate surface area is 127 Å². The average molecular weight is 293 g/mol. The molecule has 0 aromatic heterocycles. The molecular formula is C17H27NO3. The normalized spacial score (nSPS) is 18.5. The summed E-state index contributed by atoms with van der Waals surface area (Å²) < 4.78 is 11.2. The van der Waals surface area contributed by atoms with Crippen molar-refractivity contribution in [2.24, 2.45) is 0 Å². The lowest BCUT2D eigenvalue weighted by Crippen LogP contribution is -2.53. The number of benzene rings is 1. The Balaban J connectivity index is 2.19. The molecule has 0 amide bonds. The van der Waals surface area contributed by atoms with Crippen LogP contribution >= 0.6 is 0 Å². The third kappa shape index (κ3) is 3.76. The van der Waals surface area contributed by atoms with Gasteiger partial charge in [0.15, 0.2) is 0 Å². The summed E-state index contributed by atoms with van der Waals surface area (Å²) in [7, 11) is 0. The van der Waals surface area contributed by atoms with Crippen molar-refractivity contribution in [1.82, 2.24) is 4.90 Å². The van der Waals surface area contributed by atoms with Crippen molar-refractivity contribution in [3.63, 3.8) is 0 Å². The van der Waals surface area contributed by atoms with Gasteiger partial charge in [-0.15, -0.1) is 0 Å². The van der Waals surface area contributed by atoms with Crippen molar-refractivity contribution in [3.8, 4) is 5.75 Å². The number of nitrogens with zero attached hydrogens (tertiary/aromatic N) is 1. The van der Waals surface area contributed by atoms with Crippen LogP contribution in [0.15, 0.2) is 24.3 Å². The Morgan fingerprint density at radius 1 is 1.29 bits per heavy atom. The quantitative estimate of drug-likeness (QED) is 0.875. The molecule has 1 N–H and O–H groups in total. The Morgan fingerprint density at radius 3 is 2.62 bits per heavy atom. The van der Waals surface area contributed by atoms with Gasteiger partial charge in [0.2, 0.25) is 0 Å². The molecule has 1 heterocycles. The van der Waals surface area contributed by atoms with Gasteiger partial charge in [0.25, 0.3) is 0 Å². The zero-order valence-corrected chi connectivity index (χ0v) is 13.3. The molecule has 0 saturated carbocycles. The Kier molecular flexibility index (Phi) is 5.62. The molecule has 21 heavy (non-hydrogen) atoms. The first-order valence-electron chi connectivity index (χ1n) is 7.80. The van der Waals surface area contributed by atoms with Gasteiger partial charge in [-0.1, -0.05) is 25.1 Å². The summed E-state index contributed by atoms with van der Waals surface area (Å²) in [5.41, 5.74) is 0.512. The predicted octanol–water partition coefficient (Wildman–Crippen LogP) is 2.62. The lowest BCUT2D eigenvalue weighted by molar-refractivity contribution is -0.0636. The Bertz CT molecular complexity index is 441. The summed E-state index contributed by atoms with van der Waals surface area (Å²) >= 11 is 0. The lowest BCUT2D eigenvalue weighted by Gasteiger charge is -2.44. The fraction of sp³-hybridized carbons (Fsp3) is 0.647. The van der Waals surface area contributed by atoms with E-state index < -0.39 is 6.10 Å². The topological polar surface area (TPSA) is 41.9 Å². The van der Waals surface area contributed by atoms with Gasteiger partial charge in [0, 0.05) is 24.2 Å². The summed E-state index contributed by atoms with van der Waals surface area (Å²) in [5, 5.41) is 10.9. The van der Waals surface area contributed by atoms with Crippen molar-refractivity contribution >= 4 is 0 Å². The summed E-state index contributed by atoms with van der Waals surface area (Å²) in [5.74, 6) is 0.785. The van der Waals surface area contributed by atoms with Crippen LogP contribution in [0.2, 0.25) is 0 Å². The number of hydrogen-bond donors (Lipinski definition) is 1. The van der Waals surface area contributed by atoms with E-state index in [0.29, 0.717) is 6.61 Å². The van der Waals surface area contributed by atoms with Gasteiger partial charge in [-0.25, -0.2) is 0 Å². The number of ether oxygens (including phenoxy) is 2.